The number of esters is 1. The van der Waals surface area contributed by atoms with E-state index in [0.29, 0.717) is 16.9 Å². The van der Waals surface area contributed by atoms with E-state index < -0.39 is 23.8 Å². The highest BCUT2D eigenvalue weighted by atomic mass is 19.3. The highest BCUT2D eigenvalue weighted by Crippen LogP contribution is 2.29. The van der Waals surface area contributed by atoms with Crippen LogP contribution in [0.4, 0.5) is 13.2 Å². The number of alkyl halides is 2. The molecule has 0 atom stereocenters. The number of carbonyl (C=O) groups excluding carboxylic acids is 1. The second-order valence-electron chi connectivity index (χ2n) is 7.48. The zero-order valence-corrected chi connectivity index (χ0v) is 17.7. The Bertz CT molecular complexity index is 1030. The molecule has 0 saturated heterocycles. The molecule has 0 aliphatic heterocycles. The number of rotatable bonds is 9. The average Bonchev–Trinajstić information content (AvgIpc) is 2.76. The number of para-hydroxylation sites is 1. The van der Waals surface area contributed by atoms with Gasteiger partial charge in [0.1, 0.15) is 18.1 Å². The molecule has 3 aromatic carbocycles. The van der Waals surface area contributed by atoms with Crippen molar-refractivity contribution in [3.8, 4) is 17.2 Å². The van der Waals surface area contributed by atoms with Gasteiger partial charge in [-0.05, 0) is 47.5 Å². The monoisotopic (exact) mass is 444 g/mol. The quantitative estimate of drug-likeness (QED) is 0.352. The number of ether oxygens (including phenoxy) is 3. The normalized spacial score (nSPS) is 11.3. The van der Waals surface area contributed by atoms with Crippen LogP contribution in [0.1, 0.15) is 25.0 Å². The van der Waals surface area contributed by atoms with Crippen molar-refractivity contribution in [1.29, 1.82) is 0 Å². The van der Waals surface area contributed by atoms with Crippen molar-refractivity contribution in [3.05, 3.63) is 89.7 Å². The predicted octanol–water partition coefficient (Wildman–Crippen LogP) is 6.53. The molecule has 32 heavy (non-hydrogen) atoms. The van der Waals surface area contributed by atoms with Gasteiger partial charge < -0.3 is 14.2 Å². The van der Waals surface area contributed by atoms with Crippen LogP contribution in [0.2, 0.25) is 0 Å². The van der Waals surface area contributed by atoms with E-state index in [2.05, 4.69) is 0 Å². The molecule has 7 heteroatoms. The molecule has 3 rings (SSSR count). The average molecular weight is 444 g/mol. The summed E-state index contributed by atoms with van der Waals surface area (Å²) in [6.07, 6.45) is -3.33. The van der Waals surface area contributed by atoms with Crippen LogP contribution in [-0.4, -0.2) is 12.1 Å². The minimum Gasteiger partial charge on any atom is -0.461 e. The van der Waals surface area contributed by atoms with Crippen LogP contribution in [0.3, 0.4) is 0 Å². The zero-order valence-electron chi connectivity index (χ0n) is 17.7. The SMILES string of the molecule is CC(C)C(F)(F)Oc1ccc(CC(=O)OCc2ccc(F)c(Oc3ccccc3)c2)cc1. The minimum absolute atomic E-state index is 0.0121. The maximum absolute atomic E-state index is 14.0. The van der Waals surface area contributed by atoms with Gasteiger partial charge in [-0.2, -0.15) is 8.78 Å². The Labute approximate surface area is 184 Å². The summed E-state index contributed by atoms with van der Waals surface area (Å²) in [7, 11) is 0. The molecule has 0 aromatic heterocycles. The Morgan fingerprint density at radius 3 is 2.22 bits per heavy atom. The van der Waals surface area contributed by atoms with Gasteiger partial charge in [-0.15, -0.1) is 0 Å². The first-order valence-corrected chi connectivity index (χ1v) is 10.1. The first-order valence-electron chi connectivity index (χ1n) is 10.1. The van der Waals surface area contributed by atoms with Crippen molar-refractivity contribution in [2.45, 2.75) is 33.0 Å². The van der Waals surface area contributed by atoms with Crippen LogP contribution >= 0.6 is 0 Å². The maximum atomic E-state index is 14.0. The number of benzene rings is 3. The zero-order chi connectivity index (χ0) is 23.1. The van der Waals surface area contributed by atoms with Crippen LogP contribution in [-0.2, 0) is 22.6 Å². The van der Waals surface area contributed by atoms with E-state index in [1.165, 1.54) is 56.3 Å². The predicted molar refractivity (Wildman–Crippen MR) is 113 cm³/mol. The first kappa shape index (κ1) is 23.2. The van der Waals surface area contributed by atoms with Crippen molar-refractivity contribution in [3.63, 3.8) is 0 Å². The van der Waals surface area contributed by atoms with Gasteiger partial charge >= 0.3 is 12.1 Å². The van der Waals surface area contributed by atoms with Gasteiger partial charge in [-0.25, -0.2) is 4.39 Å². The van der Waals surface area contributed by atoms with E-state index >= 15 is 0 Å². The van der Waals surface area contributed by atoms with Gasteiger partial charge in [0.2, 0.25) is 0 Å². The summed E-state index contributed by atoms with van der Waals surface area (Å²) in [4.78, 5) is 12.2. The molecule has 0 N–H and O–H groups in total. The Morgan fingerprint density at radius 1 is 0.906 bits per heavy atom. The van der Waals surface area contributed by atoms with Gasteiger partial charge in [0.25, 0.3) is 0 Å². The van der Waals surface area contributed by atoms with Crippen molar-refractivity contribution >= 4 is 5.97 Å². The van der Waals surface area contributed by atoms with E-state index in [0.717, 1.165) is 0 Å². The molecule has 3 aromatic rings. The molecule has 0 bridgehead atoms. The molecular formula is C25H23F3O4. The third kappa shape index (κ3) is 6.51. The van der Waals surface area contributed by atoms with Gasteiger partial charge in [0.15, 0.2) is 11.6 Å². The lowest BCUT2D eigenvalue weighted by Crippen LogP contribution is -2.31. The van der Waals surface area contributed by atoms with Crippen molar-refractivity contribution < 1.29 is 32.2 Å². The topological polar surface area (TPSA) is 44.8 Å². The summed E-state index contributed by atoms with van der Waals surface area (Å²) >= 11 is 0. The van der Waals surface area contributed by atoms with Gasteiger partial charge in [0.05, 0.1) is 12.3 Å². The Hall–Kier alpha value is -3.48. The third-order valence-electron chi connectivity index (χ3n) is 4.56. The summed E-state index contributed by atoms with van der Waals surface area (Å²) in [6, 6.07) is 18.8. The van der Waals surface area contributed by atoms with Crippen LogP contribution in [0.25, 0.3) is 0 Å². The molecule has 0 saturated carbocycles. The van der Waals surface area contributed by atoms with Crippen LogP contribution in [0.15, 0.2) is 72.8 Å². The molecular weight excluding hydrogens is 421 g/mol. The number of carbonyl (C=O) groups is 1. The van der Waals surface area contributed by atoms with Crippen molar-refractivity contribution in [1.82, 2.24) is 0 Å². The maximum Gasteiger partial charge on any atom is 0.400 e. The standard InChI is InChI=1S/C25H23F3O4/c1-17(2)25(27,28)32-21-11-8-18(9-12-21)15-24(29)30-16-19-10-13-22(26)23(14-19)31-20-6-4-3-5-7-20/h3-14,17H,15-16H2,1-2H3. The van der Waals surface area contributed by atoms with Crippen LogP contribution in [0.5, 0.6) is 17.2 Å². The van der Waals surface area contributed by atoms with Crippen LogP contribution in [0, 0.1) is 11.7 Å². The number of halogens is 3. The van der Waals surface area contributed by atoms with E-state index in [4.69, 9.17) is 14.2 Å². The molecule has 168 valence electrons. The molecule has 0 aliphatic rings. The Morgan fingerprint density at radius 2 is 1.56 bits per heavy atom. The number of hydrogen-bond donors (Lipinski definition) is 0. The molecule has 0 aliphatic carbocycles. The largest absolute Gasteiger partial charge is 0.461 e. The summed E-state index contributed by atoms with van der Waals surface area (Å²) in [5.41, 5.74) is 1.15. The molecule has 4 nitrogen and oxygen atoms in total. The summed E-state index contributed by atoms with van der Waals surface area (Å²) in [5.74, 6) is -1.49. The van der Waals surface area contributed by atoms with E-state index in [9.17, 15) is 18.0 Å². The minimum atomic E-state index is -3.28. The highest BCUT2D eigenvalue weighted by molar-refractivity contribution is 5.72. The fourth-order valence-corrected chi connectivity index (χ4v) is 2.66. The first-order chi connectivity index (χ1) is 15.2. The summed E-state index contributed by atoms with van der Waals surface area (Å²) in [6.45, 7) is 2.66. The molecule has 0 spiro atoms. The van der Waals surface area contributed by atoms with Crippen LogP contribution < -0.4 is 9.47 Å². The van der Waals surface area contributed by atoms with E-state index in [-0.39, 0.29) is 24.5 Å². The Balaban J connectivity index is 1.54. The van der Waals surface area contributed by atoms with E-state index in [1.807, 2.05) is 6.07 Å². The fourth-order valence-electron chi connectivity index (χ4n) is 2.66. The van der Waals surface area contributed by atoms with Gasteiger partial charge in [-0.3, -0.25) is 4.79 Å². The molecule has 0 fully saturated rings. The summed E-state index contributed by atoms with van der Waals surface area (Å²) in [5, 5.41) is 0. The summed E-state index contributed by atoms with van der Waals surface area (Å²) < 4.78 is 56.8. The van der Waals surface area contributed by atoms with Gasteiger partial charge in [-0.1, -0.05) is 50.2 Å². The van der Waals surface area contributed by atoms with Crippen molar-refractivity contribution in [2.24, 2.45) is 5.92 Å². The Kier molecular flexibility index (Phi) is 7.41. The lowest BCUT2D eigenvalue weighted by molar-refractivity contribution is -0.207. The smallest absolute Gasteiger partial charge is 0.400 e. The fraction of sp³-hybridized carbons (Fsp3) is 0.240. The highest BCUT2D eigenvalue weighted by Gasteiger charge is 2.35. The molecule has 0 radical (unpaired) electrons. The second-order valence-corrected chi connectivity index (χ2v) is 7.48. The van der Waals surface area contributed by atoms with E-state index in [1.54, 1.807) is 24.3 Å². The lowest BCUT2D eigenvalue weighted by atomic mass is 10.1. The van der Waals surface area contributed by atoms with Crippen molar-refractivity contribution in [2.75, 3.05) is 0 Å². The molecule has 0 amide bonds. The molecule has 0 unspecified atom stereocenters. The number of hydrogen-bond acceptors (Lipinski definition) is 4. The molecule has 0 heterocycles. The lowest BCUT2D eigenvalue weighted by Gasteiger charge is -2.21. The third-order valence-corrected chi connectivity index (χ3v) is 4.56. The van der Waals surface area contributed by atoms with Gasteiger partial charge in [0, 0.05) is 0 Å². The second kappa shape index (κ2) is 10.2.